The zero-order chi connectivity index (χ0) is 9.10. The molecular formula is C8H14N4O. The van der Waals surface area contributed by atoms with Gasteiger partial charge in [-0.05, 0) is 6.92 Å². The van der Waals surface area contributed by atoms with Gasteiger partial charge < -0.3 is 14.6 Å². The molecule has 72 valence electrons. The Balaban J connectivity index is 2.13. The van der Waals surface area contributed by atoms with E-state index in [4.69, 9.17) is 4.74 Å². The fourth-order valence-electron chi connectivity index (χ4n) is 1.49. The summed E-state index contributed by atoms with van der Waals surface area (Å²) in [5.41, 5.74) is 0. The first-order valence-corrected chi connectivity index (χ1v) is 4.62. The largest absolute Gasteiger partial charge is 0.368 e. The van der Waals surface area contributed by atoms with Crippen molar-refractivity contribution >= 4 is 0 Å². The maximum atomic E-state index is 5.58. The molecule has 5 heteroatoms. The van der Waals surface area contributed by atoms with Gasteiger partial charge in [-0.1, -0.05) is 0 Å². The molecule has 5 nitrogen and oxygen atoms in total. The Morgan fingerprint density at radius 1 is 1.77 bits per heavy atom. The zero-order valence-electron chi connectivity index (χ0n) is 7.73. The third kappa shape index (κ3) is 1.71. The Morgan fingerprint density at radius 3 is 3.38 bits per heavy atom. The van der Waals surface area contributed by atoms with E-state index in [2.05, 4.69) is 22.4 Å². The first-order chi connectivity index (χ1) is 6.42. The van der Waals surface area contributed by atoms with Gasteiger partial charge in [0.15, 0.2) is 5.82 Å². The molecule has 0 radical (unpaired) electrons. The Kier molecular flexibility index (Phi) is 2.56. The van der Waals surface area contributed by atoms with E-state index < -0.39 is 0 Å². The van der Waals surface area contributed by atoms with Gasteiger partial charge >= 0.3 is 0 Å². The highest BCUT2D eigenvalue weighted by atomic mass is 16.5. The molecule has 0 amide bonds. The van der Waals surface area contributed by atoms with Crippen LogP contribution in [0.2, 0.25) is 0 Å². The third-order valence-electron chi connectivity index (χ3n) is 2.20. The number of rotatable bonds is 2. The molecule has 1 aliphatic rings. The van der Waals surface area contributed by atoms with Crippen molar-refractivity contribution in [3.05, 3.63) is 12.2 Å². The summed E-state index contributed by atoms with van der Waals surface area (Å²) in [6, 6.07) is 0. The lowest BCUT2D eigenvalue weighted by atomic mass is 10.3. The molecule has 0 saturated carbocycles. The maximum absolute atomic E-state index is 5.58. The van der Waals surface area contributed by atoms with Crippen molar-refractivity contribution < 1.29 is 4.74 Å². The van der Waals surface area contributed by atoms with E-state index in [1.54, 1.807) is 6.33 Å². The lowest BCUT2D eigenvalue weighted by molar-refractivity contribution is 0.0198. The van der Waals surface area contributed by atoms with Gasteiger partial charge in [-0.25, -0.2) is 0 Å². The van der Waals surface area contributed by atoms with Crippen LogP contribution < -0.4 is 5.32 Å². The van der Waals surface area contributed by atoms with Gasteiger partial charge in [0.1, 0.15) is 12.4 Å². The van der Waals surface area contributed by atoms with Crippen LogP contribution >= 0.6 is 0 Å². The van der Waals surface area contributed by atoms with Crippen molar-refractivity contribution in [1.29, 1.82) is 0 Å². The van der Waals surface area contributed by atoms with Crippen molar-refractivity contribution in [3.8, 4) is 0 Å². The molecule has 1 atom stereocenters. The quantitative estimate of drug-likeness (QED) is 0.697. The number of nitrogens with zero attached hydrogens (tertiary/aromatic N) is 3. The average molecular weight is 182 g/mol. The first kappa shape index (κ1) is 8.65. The van der Waals surface area contributed by atoms with Crippen LogP contribution in [0.4, 0.5) is 0 Å². The van der Waals surface area contributed by atoms with Crippen molar-refractivity contribution in [2.75, 3.05) is 19.7 Å². The summed E-state index contributed by atoms with van der Waals surface area (Å²) >= 11 is 0. The minimum absolute atomic E-state index is 0.0659. The van der Waals surface area contributed by atoms with Gasteiger partial charge in [-0.2, -0.15) is 0 Å². The SMILES string of the molecule is CCn1cnnc1C1CNCCO1. The van der Waals surface area contributed by atoms with Crippen molar-refractivity contribution in [1.82, 2.24) is 20.1 Å². The second-order valence-electron chi connectivity index (χ2n) is 3.04. The summed E-state index contributed by atoms with van der Waals surface area (Å²) in [6.45, 7) is 5.47. The molecule has 2 rings (SSSR count). The van der Waals surface area contributed by atoms with Crippen molar-refractivity contribution in [2.45, 2.75) is 19.6 Å². The van der Waals surface area contributed by atoms with Crippen LogP contribution in [0, 0.1) is 0 Å². The fraction of sp³-hybridized carbons (Fsp3) is 0.750. The number of hydrogen-bond donors (Lipinski definition) is 1. The second kappa shape index (κ2) is 3.85. The van der Waals surface area contributed by atoms with E-state index in [0.717, 1.165) is 32.1 Å². The van der Waals surface area contributed by atoms with Gasteiger partial charge in [0.05, 0.1) is 6.61 Å². The fourth-order valence-corrected chi connectivity index (χ4v) is 1.49. The van der Waals surface area contributed by atoms with Gasteiger partial charge in [0.2, 0.25) is 0 Å². The monoisotopic (exact) mass is 182 g/mol. The highest BCUT2D eigenvalue weighted by Gasteiger charge is 2.20. The maximum Gasteiger partial charge on any atom is 0.163 e. The van der Waals surface area contributed by atoms with Crippen molar-refractivity contribution in [2.24, 2.45) is 0 Å². The number of aromatic nitrogens is 3. The Hall–Kier alpha value is -0.940. The van der Waals surface area contributed by atoms with Crippen LogP contribution in [0.3, 0.4) is 0 Å². The van der Waals surface area contributed by atoms with E-state index >= 15 is 0 Å². The standard InChI is InChI=1S/C8H14N4O/c1-2-12-6-10-11-8(12)7-5-9-3-4-13-7/h6-7,9H,2-5H2,1H3. The van der Waals surface area contributed by atoms with Crippen LogP contribution in [0.5, 0.6) is 0 Å². The predicted octanol–water partition coefficient (Wildman–Crippen LogP) is -0.0411. The summed E-state index contributed by atoms with van der Waals surface area (Å²) in [5, 5.41) is 11.2. The van der Waals surface area contributed by atoms with E-state index in [-0.39, 0.29) is 6.10 Å². The van der Waals surface area contributed by atoms with Gasteiger partial charge in [-0.3, -0.25) is 0 Å². The summed E-state index contributed by atoms with van der Waals surface area (Å²) in [5.74, 6) is 0.926. The molecule has 0 aliphatic carbocycles. The lowest BCUT2D eigenvalue weighted by Crippen LogP contribution is -2.34. The summed E-state index contributed by atoms with van der Waals surface area (Å²) in [6.07, 6.45) is 1.81. The molecule has 0 bridgehead atoms. The molecule has 1 aromatic rings. The molecule has 1 aromatic heterocycles. The van der Waals surface area contributed by atoms with Gasteiger partial charge in [-0.15, -0.1) is 10.2 Å². The molecule has 1 saturated heterocycles. The third-order valence-corrected chi connectivity index (χ3v) is 2.20. The summed E-state index contributed by atoms with van der Waals surface area (Å²) in [7, 11) is 0. The minimum Gasteiger partial charge on any atom is -0.368 e. The number of nitrogens with one attached hydrogen (secondary N) is 1. The molecule has 0 spiro atoms. The number of aryl methyl sites for hydroxylation is 1. The molecule has 1 N–H and O–H groups in total. The van der Waals surface area contributed by atoms with E-state index in [9.17, 15) is 0 Å². The Morgan fingerprint density at radius 2 is 2.69 bits per heavy atom. The normalized spacial score (nSPS) is 23.3. The molecule has 0 aromatic carbocycles. The number of morpholine rings is 1. The van der Waals surface area contributed by atoms with Gasteiger partial charge in [0.25, 0.3) is 0 Å². The van der Waals surface area contributed by atoms with E-state index in [0.29, 0.717) is 0 Å². The predicted molar refractivity (Wildman–Crippen MR) is 47.3 cm³/mol. The zero-order valence-corrected chi connectivity index (χ0v) is 7.73. The molecule has 1 unspecified atom stereocenters. The topological polar surface area (TPSA) is 52.0 Å². The molecule has 13 heavy (non-hydrogen) atoms. The van der Waals surface area contributed by atoms with Crippen molar-refractivity contribution in [3.63, 3.8) is 0 Å². The first-order valence-electron chi connectivity index (χ1n) is 4.62. The highest BCUT2D eigenvalue weighted by molar-refractivity contribution is 4.93. The molecule has 2 heterocycles. The smallest absolute Gasteiger partial charge is 0.163 e. The van der Waals surface area contributed by atoms with Crippen LogP contribution in [-0.2, 0) is 11.3 Å². The van der Waals surface area contributed by atoms with Crippen LogP contribution in [0.15, 0.2) is 6.33 Å². The molecule has 1 fully saturated rings. The minimum atomic E-state index is 0.0659. The molecular weight excluding hydrogens is 168 g/mol. The highest BCUT2D eigenvalue weighted by Crippen LogP contribution is 2.15. The summed E-state index contributed by atoms with van der Waals surface area (Å²) < 4.78 is 7.59. The van der Waals surface area contributed by atoms with Gasteiger partial charge in [0, 0.05) is 19.6 Å². The van der Waals surface area contributed by atoms with E-state index in [1.165, 1.54) is 0 Å². The second-order valence-corrected chi connectivity index (χ2v) is 3.04. The molecule has 1 aliphatic heterocycles. The number of hydrogen-bond acceptors (Lipinski definition) is 4. The number of ether oxygens (including phenoxy) is 1. The summed E-state index contributed by atoms with van der Waals surface area (Å²) in [4.78, 5) is 0. The van der Waals surface area contributed by atoms with Crippen LogP contribution in [0.1, 0.15) is 18.9 Å². The Bertz CT molecular complexity index is 267. The van der Waals surface area contributed by atoms with E-state index in [1.807, 2.05) is 4.57 Å². The lowest BCUT2D eigenvalue weighted by Gasteiger charge is -2.22. The van der Waals surface area contributed by atoms with Crippen LogP contribution in [-0.4, -0.2) is 34.5 Å². The van der Waals surface area contributed by atoms with Crippen LogP contribution in [0.25, 0.3) is 0 Å². The average Bonchev–Trinajstić information content (AvgIpc) is 2.67. The Labute approximate surface area is 77.1 Å².